The average molecular weight is 310 g/mol. The summed E-state index contributed by atoms with van der Waals surface area (Å²) in [7, 11) is 2.89. The first-order chi connectivity index (χ1) is 10.6. The minimum atomic E-state index is -1.37. The Labute approximate surface area is 129 Å². The predicted molar refractivity (Wildman–Crippen MR) is 79.9 cm³/mol. The lowest BCUT2D eigenvalue weighted by Gasteiger charge is -2.35. The second-order valence-corrected chi connectivity index (χ2v) is 4.87. The number of amides is 1. The molecule has 0 aliphatic carbocycles. The summed E-state index contributed by atoms with van der Waals surface area (Å²) in [5, 5.41) is 1.19. The fourth-order valence-electron chi connectivity index (χ4n) is 2.33. The normalized spacial score (nSPS) is 18.5. The SMILES string of the molecule is CCOC(CON1C(=O)[C@@H](N)Cc2ccccc21)(OC)OC. The van der Waals surface area contributed by atoms with E-state index in [0.29, 0.717) is 18.7 Å². The predicted octanol–water partition coefficient (Wildman–Crippen LogP) is 0.818. The van der Waals surface area contributed by atoms with E-state index in [-0.39, 0.29) is 12.5 Å². The molecule has 1 aromatic carbocycles. The van der Waals surface area contributed by atoms with Crippen molar-refractivity contribution in [2.75, 3.05) is 32.5 Å². The zero-order valence-corrected chi connectivity index (χ0v) is 13.1. The third-order valence-corrected chi connectivity index (χ3v) is 3.52. The van der Waals surface area contributed by atoms with Crippen molar-refractivity contribution in [3.63, 3.8) is 0 Å². The first kappa shape index (κ1) is 16.9. The molecule has 0 unspecified atom stereocenters. The number of hydrogen-bond donors (Lipinski definition) is 1. The number of nitrogens with zero attached hydrogens (tertiary/aromatic N) is 1. The maximum Gasteiger partial charge on any atom is 0.310 e. The van der Waals surface area contributed by atoms with Gasteiger partial charge in [0.1, 0.15) is 0 Å². The Kier molecular flexibility index (Phi) is 5.49. The molecule has 0 spiro atoms. The number of methoxy groups -OCH3 is 2. The molecule has 0 bridgehead atoms. The van der Waals surface area contributed by atoms with Crippen LogP contribution < -0.4 is 10.8 Å². The largest absolute Gasteiger partial charge is 0.329 e. The van der Waals surface area contributed by atoms with Crippen LogP contribution in [0.3, 0.4) is 0 Å². The Morgan fingerprint density at radius 2 is 2.00 bits per heavy atom. The van der Waals surface area contributed by atoms with E-state index < -0.39 is 12.0 Å². The maximum atomic E-state index is 12.3. The van der Waals surface area contributed by atoms with Crippen molar-refractivity contribution < 1.29 is 23.8 Å². The van der Waals surface area contributed by atoms with E-state index >= 15 is 0 Å². The van der Waals surface area contributed by atoms with Crippen LogP contribution >= 0.6 is 0 Å². The third kappa shape index (κ3) is 3.29. The van der Waals surface area contributed by atoms with E-state index in [1.165, 1.54) is 19.3 Å². The van der Waals surface area contributed by atoms with Gasteiger partial charge in [0.15, 0.2) is 6.61 Å². The highest BCUT2D eigenvalue weighted by Crippen LogP contribution is 2.28. The van der Waals surface area contributed by atoms with Crippen molar-refractivity contribution in [1.29, 1.82) is 0 Å². The van der Waals surface area contributed by atoms with Gasteiger partial charge in [-0.25, -0.2) is 0 Å². The number of fused-ring (bicyclic) bond motifs is 1. The molecule has 0 radical (unpaired) electrons. The van der Waals surface area contributed by atoms with Gasteiger partial charge < -0.3 is 19.9 Å². The van der Waals surface area contributed by atoms with Crippen LogP contribution in [0.2, 0.25) is 0 Å². The van der Waals surface area contributed by atoms with Crippen LogP contribution in [0.25, 0.3) is 0 Å². The molecule has 0 aromatic heterocycles. The number of carbonyl (C=O) groups is 1. The number of hydroxylamine groups is 1. The summed E-state index contributed by atoms with van der Waals surface area (Å²) in [6.45, 7) is 2.07. The number of anilines is 1. The zero-order valence-electron chi connectivity index (χ0n) is 13.1. The molecule has 1 heterocycles. The smallest absolute Gasteiger partial charge is 0.310 e. The van der Waals surface area contributed by atoms with Crippen LogP contribution in [0.15, 0.2) is 24.3 Å². The summed E-state index contributed by atoms with van der Waals surface area (Å²) in [5.41, 5.74) is 7.50. The number of ether oxygens (including phenoxy) is 3. The standard InChI is InChI=1S/C15H22N2O5/c1-4-21-15(19-2,20-3)10-22-17-13-8-6-5-7-11(13)9-12(16)14(17)18/h5-8,12H,4,9-10,16H2,1-3H3/t12-/m0/s1. The van der Waals surface area contributed by atoms with Gasteiger partial charge in [0.25, 0.3) is 5.91 Å². The minimum absolute atomic E-state index is 0.110. The molecule has 1 aliphatic rings. The molecule has 0 fully saturated rings. The number of carbonyl (C=O) groups excluding carboxylic acids is 1. The lowest BCUT2D eigenvalue weighted by atomic mass is 9.99. The van der Waals surface area contributed by atoms with Crippen molar-refractivity contribution in [1.82, 2.24) is 0 Å². The van der Waals surface area contributed by atoms with Gasteiger partial charge in [0, 0.05) is 20.8 Å². The van der Waals surface area contributed by atoms with E-state index in [9.17, 15) is 4.79 Å². The van der Waals surface area contributed by atoms with Crippen molar-refractivity contribution >= 4 is 11.6 Å². The first-order valence-electron chi connectivity index (χ1n) is 7.11. The van der Waals surface area contributed by atoms with Crippen LogP contribution in [0.5, 0.6) is 0 Å². The van der Waals surface area contributed by atoms with Gasteiger partial charge in [-0.15, -0.1) is 0 Å². The summed E-state index contributed by atoms with van der Waals surface area (Å²) >= 11 is 0. The Morgan fingerprint density at radius 1 is 1.32 bits per heavy atom. The average Bonchev–Trinajstić information content (AvgIpc) is 2.54. The van der Waals surface area contributed by atoms with Crippen molar-refractivity contribution in [2.24, 2.45) is 5.73 Å². The highest BCUT2D eigenvalue weighted by atomic mass is 16.9. The van der Waals surface area contributed by atoms with Crippen LogP contribution in [0, 0.1) is 0 Å². The molecule has 22 heavy (non-hydrogen) atoms. The summed E-state index contributed by atoms with van der Waals surface area (Å²) in [5.74, 6) is -1.68. The van der Waals surface area contributed by atoms with E-state index in [2.05, 4.69) is 0 Å². The monoisotopic (exact) mass is 310 g/mol. The van der Waals surface area contributed by atoms with Gasteiger partial charge in [-0.2, -0.15) is 5.06 Å². The van der Waals surface area contributed by atoms with Gasteiger partial charge in [-0.1, -0.05) is 18.2 Å². The second kappa shape index (κ2) is 7.17. The summed E-state index contributed by atoms with van der Waals surface area (Å²) in [6, 6.07) is 6.82. The van der Waals surface area contributed by atoms with Crippen LogP contribution in [0.1, 0.15) is 12.5 Å². The fraction of sp³-hybridized carbons (Fsp3) is 0.533. The van der Waals surface area contributed by atoms with E-state index in [4.69, 9.17) is 24.8 Å². The van der Waals surface area contributed by atoms with Crippen LogP contribution in [0.4, 0.5) is 5.69 Å². The minimum Gasteiger partial charge on any atom is -0.329 e. The summed E-state index contributed by atoms with van der Waals surface area (Å²) < 4.78 is 15.9. The Bertz CT molecular complexity index is 518. The first-order valence-corrected chi connectivity index (χ1v) is 7.11. The van der Waals surface area contributed by atoms with Crippen molar-refractivity contribution in [3.05, 3.63) is 29.8 Å². The van der Waals surface area contributed by atoms with Gasteiger partial charge >= 0.3 is 5.97 Å². The van der Waals surface area contributed by atoms with Crippen LogP contribution in [-0.2, 0) is 30.3 Å². The van der Waals surface area contributed by atoms with Crippen LogP contribution in [-0.4, -0.2) is 45.4 Å². The Balaban J connectivity index is 2.19. The molecule has 0 saturated carbocycles. The topological polar surface area (TPSA) is 83.3 Å². The van der Waals surface area contributed by atoms with Gasteiger partial charge in [0.2, 0.25) is 0 Å². The van der Waals surface area contributed by atoms with E-state index in [1.54, 1.807) is 6.07 Å². The fourth-order valence-corrected chi connectivity index (χ4v) is 2.33. The van der Waals surface area contributed by atoms with E-state index in [1.807, 2.05) is 25.1 Å². The highest BCUT2D eigenvalue weighted by molar-refractivity contribution is 5.98. The molecule has 0 saturated heterocycles. The summed E-state index contributed by atoms with van der Waals surface area (Å²) in [4.78, 5) is 17.9. The number of hydrogen-bond acceptors (Lipinski definition) is 6. The number of nitrogens with two attached hydrogens (primary N) is 1. The van der Waals surface area contributed by atoms with Gasteiger partial charge in [-0.3, -0.25) is 9.63 Å². The third-order valence-electron chi connectivity index (χ3n) is 3.52. The second-order valence-electron chi connectivity index (χ2n) is 4.87. The van der Waals surface area contributed by atoms with E-state index in [0.717, 1.165) is 5.56 Å². The molecule has 2 rings (SSSR count). The van der Waals surface area contributed by atoms with Gasteiger partial charge in [-0.05, 0) is 25.0 Å². The van der Waals surface area contributed by atoms with Crippen molar-refractivity contribution in [2.45, 2.75) is 25.4 Å². The molecule has 1 atom stereocenters. The Hall–Kier alpha value is -1.51. The lowest BCUT2D eigenvalue weighted by Crippen LogP contribution is -2.52. The molecule has 1 aromatic rings. The quantitative estimate of drug-likeness (QED) is 0.751. The number of benzene rings is 1. The molecule has 122 valence electrons. The molecule has 7 heteroatoms. The maximum absolute atomic E-state index is 12.3. The van der Waals surface area contributed by atoms with Crippen molar-refractivity contribution in [3.8, 4) is 0 Å². The molecule has 7 nitrogen and oxygen atoms in total. The number of para-hydroxylation sites is 1. The molecule has 1 amide bonds. The summed E-state index contributed by atoms with van der Waals surface area (Å²) in [6.07, 6.45) is 0.486. The zero-order chi connectivity index (χ0) is 16.2. The molecule has 2 N–H and O–H groups in total. The molecular weight excluding hydrogens is 288 g/mol. The Morgan fingerprint density at radius 3 is 2.64 bits per heavy atom. The van der Waals surface area contributed by atoms with Gasteiger partial charge in [0.05, 0.1) is 11.7 Å². The molecule has 1 aliphatic heterocycles. The molecular formula is C15H22N2O5. The number of rotatable bonds is 7. The highest BCUT2D eigenvalue weighted by Gasteiger charge is 2.37. The lowest BCUT2D eigenvalue weighted by molar-refractivity contribution is -0.376.